The number of hydrogen-bond donors (Lipinski definition) is 0. The number of hydrogen-bond acceptors (Lipinski definition) is 4. The second-order valence-corrected chi connectivity index (χ2v) is 3.46. The molecule has 2 aromatic carbocycles. The Hall–Kier alpha value is -2.87. The van der Waals surface area contributed by atoms with E-state index in [-0.39, 0.29) is 11.3 Å². The van der Waals surface area contributed by atoms with Gasteiger partial charge in [-0.3, -0.25) is 10.1 Å². The molecule has 18 heavy (non-hydrogen) atoms. The Labute approximate surface area is 103 Å². The first-order valence-electron chi connectivity index (χ1n) is 5.12. The fourth-order valence-corrected chi connectivity index (χ4v) is 1.42. The standard InChI is InChI=1S/C13H8N2O3/c14-9-10-8-11(15(16)17)6-7-13(10)18-12-4-2-1-3-5-12/h1-8H. The van der Waals surface area contributed by atoms with Crippen molar-refractivity contribution < 1.29 is 9.66 Å². The third-order valence-corrected chi connectivity index (χ3v) is 2.27. The van der Waals surface area contributed by atoms with Gasteiger partial charge in [0.15, 0.2) is 0 Å². The molecule has 0 heterocycles. The predicted octanol–water partition coefficient (Wildman–Crippen LogP) is 3.26. The third kappa shape index (κ3) is 2.44. The quantitative estimate of drug-likeness (QED) is 0.609. The van der Waals surface area contributed by atoms with Gasteiger partial charge in [0.1, 0.15) is 23.1 Å². The van der Waals surface area contributed by atoms with Crippen LogP contribution in [-0.4, -0.2) is 4.92 Å². The molecule has 5 nitrogen and oxygen atoms in total. The summed E-state index contributed by atoms with van der Waals surface area (Å²) in [4.78, 5) is 10.0. The lowest BCUT2D eigenvalue weighted by atomic mass is 10.2. The largest absolute Gasteiger partial charge is 0.456 e. The average Bonchev–Trinajstić information content (AvgIpc) is 2.40. The predicted molar refractivity (Wildman–Crippen MR) is 64.3 cm³/mol. The molecule has 2 aromatic rings. The van der Waals surface area contributed by atoms with E-state index in [2.05, 4.69) is 0 Å². The van der Waals surface area contributed by atoms with Crippen LogP contribution in [0.4, 0.5) is 5.69 Å². The molecule has 2 rings (SSSR count). The highest BCUT2D eigenvalue weighted by Crippen LogP contribution is 2.27. The molecule has 0 fully saturated rings. The van der Waals surface area contributed by atoms with E-state index >= 15 is 0 Å². The fourth-order valence-electron chi connectivity index (χ4n) is 1.42. The zero-order chi connectivity index (χ0) is 13.0. The minimum Gasteiger partial charge on any atom is -0.456 e. The van der Waals surface area contributed by atoms with E-state index in [1.54, 1.807) is 24.3 Å². The molecule has 0 unspecified atom stereocenters. The van der Waals surface area contributed by atoms with Gasteiger partial charge < -0.3 is 4.74 Å². The monoisotopic (exact) mass is 240 g/mol. The van der Waals surface area contributed by atoms with E-state index in [1.807, 2.05) is 12.1 Å². The highest BCUT2D eigenvalue weighted by Gasteiger charge is 2.11. The Morgan fingerprint density at radius 3 is 2.50 bits per heavy atom. The zero-order valence-corrected chi connectivity index (χ0v) is 9.24. The van der Waals surface area contributed by atoms with Crippen molar-refractivity contribution in [3.05, 3.63) is 64.2 Å². The summed E-state index contributed by atoms with van der Waals surface area (Å²) >= 11 is 0. The Bertz CT molecular complexity index is 618. The maximum atomic E-state index is 10.6. The molecule has 0 radical (unpaired) electrons. The van der Waals surface area contributed by atoms with Crippen LogP contribution in [0.2, 0.25) is 0 Å². The summed E-state index contributed by atoms with van der Waals surface area (Å²) in [6, 6.07) is 14.7. The van der Waals surface area contributed by atoms with Crippen molar-refractivity contribution in [1.29, 1.82) is 5.26 Å². The zero-order valence-electron chi connectivity index (χ0n) is 9.24. The minimum absolute atomic E-state index is 0.132. The van der Waals surface area contributed by atoms with Crippen molar-refractivity contribution in [2.75, 3.05) is 0 Å². The lowest BCUT2D eigenvalue weighted by Crippen LogP contribution is -1.92. The lowest BCUT2D eigenvalue weighted by Gasteiger charge is -2.06. The van der Waals surface area contributed by atoms with E-state index in [9.17, 15) is 10.1 Å². The summed E-state index contributed by atoms with van der Waals surface area (Å²) in [5, 5.41) is 19.5. The molecular formula is C13H8N2O3. The van der Waals surface area contributed by atoms with Gasteiger partial charge in [-0.2, -0.15) is 5.26 Å². The fraction of sp³-hybridized carbons (Fsp3) is 0. The van der Waals surface area contributed by atoms with Gasteiger partial charge in [-0.1, -0.05) is 18.2 Å². The molecule has 0 saturated carbocycles. The van der Waals surface area contributed by atoms with E-state index in [0.29, 0.717) is 11.5 Å². The van der Waals surface area contributed by atoms with E-state index < -0.39 is 4.92 Å². The second-order valence-electron chi connectivity index (χ2n) is 3.46. The van der Waals surface area contributed by atoms with Gasteiger partial charge in [0.2, 0.25) is 0 Å². The summed E-state index contributed by atoms with van der Waals surface area (Å²) < 4.78 is 5.49. The molecule has 0 aromatic heterocycles. The summed E-state index contributed by atoms with van der Waals surface area (Å²) in [7, 11) is 0. The SMILES string of the molecule is N#Cc1cc([N+](=O)[O-])ccc1Oc1ccccc1. The van der Waals surface area contributed by atoms with Gasteiger partial charge in [0, 0.05) is 12.1 Å². The number of rotatable bonds is 3. The molecule has 0 atom stereocenters. The average molecular weight is 240 g/mol. The summed E-state index contributed by atoms with van der Waals surface area (Å²) in [6.07, 6.45) is 0. The number of nitro benzene ring substituents is 1. The number of nitriles is 1. The molecule has 0 N–H and O–H groups in total. The van der Waals surface area contributed by atoms with Crippen molar-refractivity contribution in [2.24, 2.45) is 0 Å². The minimum atomic E-state index is -0.548. The number of nitrogens with zero attached hydrogens (tertiary/aromatic N) is 2. The first kappa shape index (κ1) is 11.6. The first-order valence-corrected chi connectivity index (χ1v) is 5.12. The normalized spacial score (nSPS) is 9.50. The molecule has 0 saturated heterocycles. The number of para-hydroxylation sites is 1. The lowest BCUT2D eigenvalue weighted by molar-refractivity contribution is -0.384. The van der Waals surface area contributed by atoms with Crippen molar-refractivity contribution in [1.82, 2.24) is 0 Å². The molecule has 0 aliphatic heterocycles. The Balaban J connectivity index is 2.35. The Kier molecular flexibility index (Phi) is 3.21. The number of benzene rings is 2. The topological polar surface area (TPSA) is 76.2 Å². The third-order valence-electron chi connectivity index (χ3n) is 2.27. The Morgan fingerprint density at radius 1 is 1.17 bits per heavy atom. The van der Waals surface area contributed by atoms with Crippen LogP contribution in [0.3, 0.4) is 0 Å². The molecule has 88 valence electrons. The van der Waals surface area contributed by atoms with Crippen molar-refractivity contribution in [3.8, 4) is 17.6 Å². The van der Waals surface area contributed by atoms with Gasteiger partial charge in [-0.25, -0.2) is 0 Å². The van der Waals surface area contributed by atoms with Gasteiger partial charge in [-0.05, 0) is 18.2 Å². The maximum Gasteiger partial charge on any atom is 0.271 e. The van der Waals surface area contributed by atoms with Crippen LogP contribution in [0.1, 0.15) is 5.56 Å². The van der Waals surface area contributed by atoms with Gasteiger partial charge in [-0.15, -0.1) is 0 Å². The number of nitro groups is 1. The van der Waals surface area contributed by atoms with Crippen molar-refractivity contribution in [3.63, 3.8) is 0 Å². The smallest absolute Gasteiger partial charge is 0.271 e. The second kappa shape index (κ2) is 4.97. The van der Waals surface area contributed by atoms with Crippen LogP contribution in [0.25, 0.3) is 0 Å². The highest BCUT2D eigenvalue weighted by atomic mass is 16.6. The van der Waals surface area contributed by atoms with Crippen LogP contribution in [-0.2, 0) is 0 Å². The van der Waals surface area contributed by atoms with Crippen molar-refractivity contribution >= 4 is 5.69 Å². The van der Waals surface area contributed by atoms with Gasteiger partial charge in [0.25, 0.3) is 5.69 Å². The van der Waals surface area contributed by atoms with E-state index in [1.165, 1.54) is 18.2 Å². The Morgan fingerprint density at radius 2 is 1.89 bits per heavy atom. The van der Waals surface area contributed by atoms with Gasteiger partial charge >= 0.3 is 0 Å². The van der Waals surface area contributed by atoms with E-state index in [4.69, 9.17) is 10.00 Å². The molecule has 0 bridgehead atoms. The molecule has 5 heteroatoms. The molecular weight excluding hydrogens is 232 g/mol. The summed E-state index contributed by atoms with van der Waals surface area (Å²) in [5.74, 6) is 0.872. The van der Waals surface area contributed by atoms with Crippen LogP contribution in [0, 0.1) is 21.4 Å². The molecule has 0 amide bonds. The highest BCUT2D eigenvalue weighted by molar-refractivity contribution is 5.51. The van der Waals surface area contributed by atoms with Crippen LogP contribution in [0.5, 0.6) is 11.5 Å². The summed E-state index contributed by atoms with van der Waals surface area (Å²) in [6.45, 7) is 0. The number of non-ortho nitro benzene ring substituents is 1. The number of ether oxygens (including phenoxy) is 1. The summed E-state index contributed by atoms with van der Waals surface area (Å²) in [5.41, 5.74) is 0.0000136. The van der Waals surface area contributed by atoms with E-state index in [0.717, 1.165) is 0 Å². The first-order chi connectivity index (χ1) is 8.70. The molecule has 0 aliphatic carbocycles. The van der Waals surface area contributed by atoms with Crippen LogP contribution >= 0.6 is 0 Å². The van der Waals surface area contributed by atoms with Crippen LogP contribution in [0.15, 0.2) is 48.5 Å². The maximum absolute atomic E-state index is 10.6. The van der Waals surface area contributed by atoms with Crippen molar-refractivity contribution in [2.45, 2.75) is 0 Å². The van der Waals surface area contributed by atoms with Gasteiger partial charge in [0.05, 0.1) is 4.92 Å². The van der Waals surface area contributed by atoms with Crippen LogP contribution < -0.4 is 4.74 Å². The molecule has 0 spiro atoms. The molecule has 0 aliphatic rings.